The molecule has 2 rings (SSSR count). The highest BCUT2D eigenvalue weighted by Gasteiger charge is 1.90. The predicted molar refractivity (Wildman–Crippen MR) is 56.7 cm³/mol. The zero-order valence-corrected chi connectivity index (χ0v) is 8.08. The van der Waals surface area contributed by atoms with Crippen molar-refractivity contribution in [3.63, 3.8) is 0 Å². The molecule has 0 nitrogen and oxygen atoms in total. The molecule has 0 aliphatic carbocycles. The summed E-state index contributed by atoms with van der Waals surface area (Å²) in [4.78, 5) is 0. The Morgan fingerprint density at radius 2 is 1.55 bits per heavy atom. The fraction of sp³-hybridized carbons (Fsp3) is 0. The Kier molecular flexibility index (Phi) is 1.82. The number of fused-ring (bicyclic) bond motifs is 1. The van der Waals surface area contributed by atoms with Crippen molar-refractivity contribution in [1.29, 1.82) is 0 Å². The zero-order valence-electron chi connectivity index (χ0n) is 5.92. The first-order valence-electron chi connectivity index (χ1n) is 3.50. The summed E-state index contributed by atoms with van der Waals surface area (Å²) in [5.74, 6) is 0. The molecule has 0 atom stereocenters. The summed E-state index contributed by atoms with van der Waals surface area (Å²) in [6.07, 6.45) is 0. The van der Waals surface area contributed by atoms with E-state index in [4.69, 9.17) is 0 Å². The van der Waals surface area contributed by atoms with Crippen LogP contribution in [0.25, 0.3) is 10.8 Å². The van der Waals surface area contributed by atoms with Gasteiger partial charge in [0.15, 0.2) is 0 Å². The minimum atomic E-state index is 1.29. The molecule has 0 saturated heterocycles. The normalized spacial score (nSPS) is 10.3. The van der Waals surface area contributed by atoms with Gasteiger partial charge in [0.2, 0.25) is 0 Å². The summed E-state index contributed by atoms with van der Waals surface area (Å²) < 4.78 is 1.29. The lowest BCUT2D eigenvalue weighted by Gasteiger charge is -1.95. The Labute approximate surface area is 79.4 Å². The van der Waals surface area contributed by atoms with Gasteiger partial charge in [-0.05, 0) is 45.5 Å². The molecule has 2 aromatic carbocycles. The highest BCUT2D eigenvalue weighted by molar-refractivity contribution is 14.1. The molecule has 0 heterocycles. The third-order valence-corrected chi connectivity index (χ3v) is 2.38. The molecule has 0 fully saturated rings. The van der Waals surface area contributed by atoms with Gasteiger partial charge >= 0.3 is 0 Å². The summed E-state index contributed by atoms with van der Waals surface area (Å²) in [5.41, 5.74) is 0. The maximum atomic E-state index is 2.33. The van der Waals surface area contributed by atoms with Crippen LogP contribution in [0.15, 0.2) is 42.5 Å². The van der Waals surface area contributed by atoms with Gasteiger partial charge in [0.1, 0.15) is 0 Å². The summed E-state index contributed by atoms with van der Waals surface area (Å²) in [7, 11) is 0. The Balaban J connectivity index is 2.83. The molecule has 0 aliphatic heterocycles. The molecular formula is C10H7I. The Morgan fingerprint density at radius 3 is 2.36 bits per heavy atom. The van der Waals surface area contributed by atoms with Crippen LogP contribution >= 0.6 is 22.6 Å². The van der Waals surface area contributed by atoms with Gasteiger partial charge in [-0.15, -0.1) is 0 Å². The van der Waals surface area contributed by atoms with Crippen LogP contribution < -0.4 is 0 Å². The monoisotopic (exact) mass is 252 g/mol. The summed E-state index contributed by atoms with van der Waals surface area (Å²) >= 11 is 2.33. The van der Waals surface area contributed by atoms with Crippen molar-refractivity contribution < 1.29 is 0 Å². The minimum absolute atomic E-state index is 1.29. The van der Waals surface area contributed by atoms with E-state index in [-0.39, 0.29) is 0 Å². The second-order valence-electron chi connectivity index (χ2n) is 2.49. The molecule has 0 bridgehead atoms. The van der Waals surface area contributed by atoms with Crippen LogP contribution in [0.3, 0.4) is 0 Å². The molecule has 0 unspecified atom stereocenters. The highest BCUT2D eigenvalue weighted by Crippen LogP contribution is 2.16. The molecule has 0 aromatic heterocycles. The number of hydrogen-bond acceptors (Lipinski definition) is 0. The molecule has 11 heavy (non-hydrogen) atoms. The molecular weight excluding hydrogens is 245 g/mol. The number of halogens is 1. The van der Waals surface area contributed by atoms with Crippen molar-refractivity contribution in [2.75, 3.05) is 0 Å². The Morgan fingerprint density at radius 1 is 0.818 bits per heavy atom. The van der Waals surface area contributed by atoms with E-state index in [0.717, 1.165) is 0 Å². The van der Waals surface area contributed by atoms with Gasteiger partial charge in [0.25, 0.3) is 0 Å². The number of benzene rings is 2. The van der Waals surface area contributed by atoms with Gasteiger partial charge in [0, 0.05) is 3.57 Å². The van der Waals surface area contributed by atoms with Gasteiger partial charge < -0.3 is 0 Å². The van der Waals surface area contributed by atoms with Gasteiger partial charge in [-0.2, -0.15) is 0 Å². The molecule has 0 amide bonds. The van der Waals surface area contributed by atoms with Crippen LogP contribution in [-0.2, 0) is 0 Å². The summed E-state index contributed by atoms with van der Waals surface area (Å²) in [5, 5.41) is 2.63. The van der Waals surface area contributed by atoms with Crippen molar-refractivity contribution in [2.24, 2.45) is 0 Å². The quantitative estimate of drug-likeness (QED) is 0.630. The van der Waals surface area contributed by atoms with Crippen LogP contribution in [0.2, 0.25) is 0 Å². The lowest BCUT2D eigenvalue weighted by molar-refractivity contribution is 1.70. The lowest BCUT2D eigenvalue weighted by Crippen LogP contribution is -1.72. The third-order valence-electron chi connectivity index (χ3n) is 1.71. The van der Waals surface area contributed by atoms with Crippen LogP contribution in [0.4, 0.5) is 0 Å². The molecule has 2 aromatic rings. The Bertz CT molecular complexity index is 379. The molecule has 0 aliphatic rings. The van der Waals surface area contributed by atoms with E-state index in [9.17, 15) is 0 Å². The largest absolute Gasteiger partial charge is 0.0616 e. The van der Waals surface area contributed by atoms with Crippen LogP contribution in [0.5, 0.6) is 0 Å². The second kappa shape index (κ2) is 2.81. The standard InChI is InChI=1S/C10H7I/c11-10-6-5-8-3-1-2-4-9(8)7-10/h1-7H/i11-2. The summed E-state index contributed by atoms with van der Waals surface area (Å²) in [6, 6.07) is 14.9. The molecule has 0 radical (unpaired) electrons. The van der Waals surface area contributed by atoms with E-state index in [0.29, 0.717) is 0 Å². The first-order valence-corrected chi connectivity index (χ1v) is 4.58. The fourth-order valence-electron chi connectivity index (χ4n) is 1.16. The smallest absolute Gasteiger partial charge is 0.0136 e. The topological polar surface area (TPSA) is 0 Å². The lowest BCUT2D eigenvalue weighted by atomic mass is 10.1. The first-order chi connectivity index (χ1) is 5.36. The minimum Gasteiger partial charge on any atom is -0.0616 e. The molecule has 0 N–H and O–H groups in total. The number of hydrogen-bond donors (Lipinski definition) is 0. The number of rotatable bonds is 0. The highest BCUT2D eigenvalue weighted by atomic mass is 125. The van der Waals surface area contributed by atoms with Crippen molar-refractivity contribution in [2.45, 2.75) is 0 Å². The van der Waals surface area contributed by atoms with Crippen molar-refractivity contribution in [3.05, 3.63) is 46.0 Å². The van der Waals surface area contributed by atoms with Crippen LogP contribution in [0, 0.1) is 3.57 Å². The van der Waals surface area contributed by atoms with E-state index < -0.39 is 0 Å². The predicted octanol–water partition coefficient (Wildman–Crippen LogP) is 3.44. The van der Waals surface area contributed by atoms with Crippen molar-refractivity contribution in [3.8, 4) is 0 Å². The van der Waals surface area contributed by atoms with Crippen LogP contribution in [0.1, 0.15) is 0 Å². The van der Waals surface area contributed by atoms with Crippen LogP contribution in [-0.4, -0.2) is 0 Å². The maximum Gasteiger partial charge on any atom is 0.0136 e. The average molecular weight is 252 g/mol. The first kappa shape index (κ1) is 7.10. The molecule has 0 saturated carbocycles. The van der Waals surface area contributed by atoms with E-state index in [1.807, 2.05) is 0 Å². The third kappa shape index (κ3) is 1.38. The molecule has 0 spiro atoms. The van der Waals surface area contributed by atoms with Gasteiger partial charge in [-0.25, -0.2) is 0 Å². The van der Waals surface area contributed by atoms with E-state index >= 15 is 0 Å². The maximum absolute atomic E-state index is 2.33. The van der Waals surface area contributed by atoms with Gasteiger partial charge in [-0.3, -0.25) is 0 Å². The molecule has 1 heteroatoms. The SMILES string of the molecule is [125I]c1ccc2ccccc2c1. The fourth-order valence-corrected chi connectivity index (χ4v) is 1.68. The van der Waals surface area contributed by atoms with E-state index in [2.05, 4.69) is 65.1 Å². The van der Waals surface area contributed by atoms with Crippen molar-refractivity contribution in [1.82, 2.24) is 0 Å². The average Bonchev–Trinajstić information content (AvgIpc) is 2.04. The zero-order chi connectivity index (χ0) is 7.68. The molecule has 54 valence electrons. The second-order valence-corrected chi connectivity index (χ2v) is 3.74. The van der Waals surface area contributed by atoms with Gasteiger partial charge in [-0.1, -0.05) is 30.3 Å². The van der Waals surface area contributed by atoms with E-state index in [1.54, 1.807) is 0 Å². The summed E-state index contributed by atoms with van der Waals surface area (Å²) in [6.45, 7) is 0. The van der Waals surface area contributed by atoms with Crippen molar-refractivity contribution >= 4 is 33.4 Å². The van der Waals surface area contributed by atoms with Gasteiger partial charge in [0.05, 0.1) is 0 Å². The van der Waals surface area contributed by atoms with E-state index in [1.165, 1.54) is 14.3 Å². The Hall–Kier alpha value is -0.570.